The normalized spacial score (nSPS) is 16.3. The minimum absolute atomic E-state index is 0.00262. The first kappa shape index (κ1) is 34.8. The van der Waals surface area contributed by atoms with Crippen LogP contribution in [0.15, 0.2) is 71.3 Å². The van der Waals surface area contributed by atoms with Crippen LogP contribution in [-0.4, -0.2) is 66.2 Å². The van der Waals surface area contributed by atoms with Crippen molar-refractivity contribution in [1.29, 1.82) is 0 Å². The van der Waals surface area contributed by atoms with Crippen molar-refractivity contribution in [1.82, 2.24) is 9.88 Å². The zero-order valence-electron chi connectivity index (χ0n) is 24.9. The fourth-order valence-electron chi connectivity index (χ4n) is 5.16. The number of likely N-dealkylation sites (tertiary alicyclic amines) is 1. The lowest BCUT2D eigenvalue weighted by Gasteiger charge is -2.19. The number of hydrogen-bond donors (Lipinski definition) is 1. The summed E-state index contributed by atoms with van der Waals surface area (Å²) in [6.45, 7) is 3.32. The van der Waals surface area contributed by atoms with E-state index in [1.54, 1.807) is 36.4 Å². The maximum atomic E-state index is 12.7. The van der Waals surface area contributed by atoms with Crippen molar-refractivity contribution in [3.63, 3.8) is 0 Å². The van der Waals surface area contributed by atoms with Gasteiger partial charge in [-0.2, -0.15) is 31.4 Å². The van der Waals surface area contributed by atoms with E-state index in [-0.39, 0.29) is 31.0 Å². The fraction of sp³-hybridized carbons (Fsp3) is 0.344. The Morgan fingerprint density at radius 1 is 1.15 bits per heavy atom. The van der Waals surface area contributed by atoms with Crippen LogP contribution in [0.3, 0.4) is 0 Å². The molecule has 1 fully saturated rings. The van der Waals surface area contributed by atoms with Crippen molar-refractivity contribution in [3.05, 3.63) is 88.0 Å². The van der Waals surface area contributed by atoms with Crippen LogP contribution in [0.2, 0.25) is 5.02 Å². The molecule has 0 radical (unpaired) electrons. The molecule has 14 heteroatoms. The second kappa shape index (κ2) is 14.5. The molecule has 1 aliphatic heterocycles. The summed E-state index contributed by atoms with van der Waals surface area (Å²) in [7, 11) is 1.41. The summed E-state index contributed by atoms with van der Waals surface area (Å²) in [6, 6.07) is 15.9. The predicted molar refractivity (Wildman–Crippen MR) is 163 cm³/mol. The third kappa shape index (κ3) is 9.70. The number of benzene rings is 2. The average molecular weight is 669 g/mol. The molecule has 4 rings (SSSR count). The molecule has 1 saturated heterocycles. The largest absolute Gasteiger partial charge is 0.487 e. The molecule has 1 aromatic heterocycles. The van der Waals surface area contributed by atoms with Crippen molar-refractivity contribution in [3.8, 4) is 17.0 Å². The van der Waals surface area contributed by atoms with Gasteiger partial charge in [-0.3, -0.25) is 5.01 Å². The molecule has 46 heavy (non-hydrogen) atoms. The Morgan fingerprint density at radius 3 is 2.57 bits per heavy atom. The van der Waals surface area contributed by atoms with E-state index in [0.29, 0.717) is 41.3 Å². The van der Waals surface area contributed by atoms with Gasteiger partial charge < -0.3 is 14.7 Å². The number of carbonyl (C=O) groups is 1. The van der Waals surface area contributed by atoms with E-state index in [9.17, 15) is 31.1 Å². The van der Waals surface area contributed by atoms with Crippen molar-refractivity contribution in [2.24, 2.45) is 5.10 Å². The zero-order valence-corrected chi connectivity index (χ0v) is 25.6. The van der Waals surface area contributed by atoms with Crippen LogP contribution in [0, 0.1) is 6.92 Å². The molecule has 7 nitrogen and oxygen atoms in total. The number of rotatable bonds is 11. The van der Waals surface area contributed by atoms with E-state index < -0.39 is 30.3 Å². The molecular formula is C32H31ClF6N4O3. The third-order valence-electron chi connectivity index (χ3n) is 7.39. The molecule has 0 spiro atoms. The van der Waals surface area contributed by atoms with E-state index >= 15 is 0 Å². The number of carboxylic acids is 1. The minimum Gasteiger partial charge on any atom is -0.487 e. The van der Waals surface area contributed by atoms with E-state index in [1.165, 1.54) is 7.05 Å². The summed E-state index contributed by atoms with van der Waals surface area (Å²) in [6.07, 6.45) is -8.81. The lowest BCUT2D eigenvalue weighted by molar-refractivity contribution is -0.137. The maximum Gasteiger partial charge on any atom is 0.410 e. The van der Waals surface area contributed by atoms with E-state index in [4.69, 9.17) is 21.4 Å². The first-order valence-corrected chi connectivity index (χ1v) is 14.6. The standard InChI is InChI=1S/C32H31ClF6N4O3/c1-20-15-21(9-10-24(20)22-11-13-43(18-22)14-12-31(34,35)36)19-46-29-25(5-3-6-26(29)33)27-7-4-8-28(41-27)42(2)40-17-23(30(44)45)16-32(37,38)39/h3-10,15-17,22H,11-14,18-19H2,1-2H3,(H,44,45)/b23-16-,40-17-. The number of hydrogen-bond acceptors (Lipinski definition) is 6. The Labute approximate surface area is 266 Å². The fourth-order valence-corrected chi connectivity index (χ4v) is 5.39. The van der Waals surface area contributed by atoms with Gasteiger partial charge in [-0.15, -0.1) is 0 Å². The molecule has 1 N–H and O–H groups in total. The van der Waals surface area contributed by atoms with Crippen molar-refractivity contribution >= 4 is 29.6 Å². The molecule has 1 aliphatic rings. The van der Waals surface area contributed by atoms with E-state index in [2.05, 4.69) is 10.1 Å². The number of carboxylic acid groups (broad SMARTS) is 1. The van der Waals surface area contributed by atoms with Crippen LogP contribution in [0.5, 0.6) is 5.75 Å². The Kier molecular flexibility index (Phi) is 11.0. The Bertz CT molecular complexity index is 1610. The number of aryl methyl sites for hydroxylation is 1. The van der Waals surface area contributed by atoms with Crippen LogP contribution in [0.4, 0.5) is 32.2 Å². The number of allylic oxidation sites excluding steroid dienone is 1. The molecule has 0 amide bonds. The SMILES string of the molecule is Cc1cc(COc2c(Cl)cccc2-c2cccc(N(C)/N=C\C(=C\C(F)(F)F)C(=O)O)n2)ccc1C1CCN(CCC(F)(F)F)C1. The van der Waals surface area contributed by atoms with Gasteiger partial charge in [0, 0.05) is 31.8 Å². The van der Waals surface area contributed by atoms with Gasteiger partial charge >= 0.3 is 18.3 Å². The molecular weight excluding hydrogens is 638 g/mol. The van der Waals surface area contributed by atoms with Gasteiger partial charge in [0.25, 0.3) is 0 Å². The number of hydrazone groups is 1. The first-order valence-electron chi connectivity index (χ1n) is 14.2. The molecule has 1 atom stereocenters. The summed E-state index contributed by atoms with van der Waals surface area (Å²) in [5.41, 5.74) is 2.87. The summed E-state index contributed by atoms with van der Waals surface area (Å²) in [5, 5.41) is 14.3. The molecule has 3 aromatic rings. The van der Waals surface area contributed by atoms with Crippen LogP contribution < -0.4 is 9.75 Å². The molecule has 0 bridgehead atoms. The topological polar surface area (TPSA) is 78.3 Å². The number of pyridine rings is 1. The van der Waals surface area contributed by atoms with Gasteiger partial charge in [-0.05, 0) is 66.8 Å². The molecule has 2 aromatic carbocycles. The molecule has 1 unspecified atom stereocenters. The smallest absolute Gasteiger partial charge is 0.410 e. The van der Waals surface area contributed by atoms with Crippen molar-refractivity contribution < 1.29 is 41.0 Å². The maximum absolute atomic E-state index is 12.7. The molecule has 246 valence electrons. The van der Waals surface area contributed by atoms with Gasteiger partial charge in [-0.1, -0.05) is 41.9 Å². The number of anilines is 1. The lowest BCUT2D eigenvalue weighted by atomic mass is 9.93. The summed E-state index contributed by atoms with van der Waals surface area (Å²) in [4.78, 5) is 17.6. The number of aromatic nitrogens is 1. The number of alkyl halides is 6. The van der Waals surface area contributed by atoms with Crippen LogP contribution in [0.25, 0.3) is 11.3 Å². The van der Waals surface area contributed by atoms with Crippen LogP contribution in [-0.2, 0) is 11.4 Å². The Balaban J connectivity index is 1.47. The second-order valence-corrected chi connectivity index (χ2v) is 11.3. The highest BCUT2D eigenvalue weighted by Gasteiger charge is 2.31. The van der Waals surface area contributed by atoms with Crippen molar-refractivity contribution in [2.75, 3.05) is 31.7 Å². The zero-order chi connectivity index (χ0) is 33.6. The highest BCUT2D eigenvalue weighted by molar-refractivity contribution is 6.32. The summed E-state index contributed by atoms with van der Waals surface area (Å²) >= 11 is 6.51. The quantitative estimate of drug-likeness (QED) is 0.0965. The number of ether oxygens (including phenoxy) is 1. The number of aliphatic carboxylic acids is 1. The Morgan fingerprint density at radius 2 is 1.89 bits per heavy atom. The Hall–Kier alpha value is -4.10. The predicted octanol–water partition coefficient (Wildman–Crippen LogP) is 8.03. The number of halogens is 7. The number of nitrogens with zero attached hydrogens (tertiary/aromatic N) is 4. The highest BCUT2D eigenvalue weighted by Crippen LogP contribution is 2.37. The van der Waals surface area contributed by atoms with Crippen LogP contribution in [0.1, 0.15) is 35.4 Å². The van der Waals surface area contributed by atoms with E-state index in [1.807, 2.05) is 30.0 Å². The number of para-hydroxylation sites is 1. The van der Waals surface area contributed by atoms with Crippen molar-refractivity contribution in [2.45, 2.75) is 44.6 Å². The van der Waals surface area contributed by atoms with Gasteiger partial charge in [-0.25, -0.2) is 9.78 Å². The average Bonchev–Trinajstić information content (AvgIpc) is 3.45. The van der Waals surface area contributed by atoms with E-state index in [0.717, 1.165) is 28.1 Å². The minimum atomic E-state index is -4.83. The molecule has 0 aliphatic carbocycles. The van der Waals surface area contributed by atoms with Gasteiger partial charge in [0.05, 0.1) is 28.9 Å². The summed E-state index contributed by atoms with van der Waals surface area (Å²) in [5.74, 6) is -1.08. The monoisotopic (exact) mass is 668 g/mol. The van der Waals surface area contributed by atoms with Gasteiger partial charge in [0.1, 0.15) is 18.2 Å². The molecule has 0 saturated carbocycles. The highest BCUT2D eigenvalue weighted by atomic mass is 35.5. The lowest BCUT2D eigenvalue weighted by Crippen LogP contribution is -2.26. The molecule has 2 heterocycles. The third-order valence-corrected chi connectivity index (χ3v) is 7.68. The summed E-state index contributed by atoms with van der Waals surface area (Å²) < 4.78 is 82.1. The second-order valence-electron chi connectivity index (χ2n) is 10.8. The van der Waals surface area contributed by atoms with Gasteiger partial charge in [0.2, 0.25) is 0 Å². The first-order chi connectivity index (χ1) is 21.6. The van der Waals surface area contributed by atoms with Gasteiger partial charge in [0.15, 0.2) is 0 Å². The van der Waals surface area contributed by atoms with Crippen LogP contribution >= 0.6 is 11.6 Å².